The number of benzene rings is 1. The molecule has 2 rings (SSSR count). The van der Waals surface area contributed by atoms with E-state index >= 15 is 0 Å². The van der Waals surface area contributed by atoms with Crippen LogP contribution in [0.25, 0.3) is 0 Å². The quantitative estimate of drug-likeness (QED) is 0.858. The van der Waals surface area contributed by atoms with Crippen LogP contribution in [0.3, 0.4) is 0 Å². The van der Waals surface area contributed by atoms with Gasteiger partial charge in [-0.25, -0.2) is 4.39 Å². The van der Waals surface area contributed by atoms with Gasteiger partial charge in [-0.3, -0.25) is 4.98 Å². The number of pyridine rings is 1. The van der Waals surface area contributed by atoms with E-state index in [9.17, 15) is 9.50 Å². The summed E-state index contributed by atoms with van der Waals surface area (Å²) in [7, 11) is 0. The topological polar surface area (TPSA) is 45.1 Å². The SMILES string of the molecule is Cc1cccc(C(O)CNC(c2ccc(F)cn2)C(C)C)c1. The third-order valence-corrected chi connectivity index (χ3v) is 3.69. The Balaban J connectivity index is 2.04. The Morgan fingerprint density at radius 2 is 2.00 bits per heavy atom. The van der Waals surface area contributed by atoms with Crippen molar-refractivity contribution in [2.45, 2.75) is 32.9 Å². The van der Waals surface area contributed by atoms with Gasteiger partial charge in [-0.05, 0) is 30.5 Å². The summed E-state index contributed by atoms with van der Waals surface area (Å²) < 4.78 is 13.0. The number of aromatic nitrogens is 1. The fourth-order valence-corrected chi connectivity index (χ4v) is 2.49. The van der Waals surface area contributed by atoms with Gasteiger partial charge in [-0.15, -0.1) is 0 Å². The molecule has 0 amide bonds. The molecular weight excluding hydrogens is 279 g/mol. The van der Waals surface area contributed by atoms with Crippen LogP contribution < -0.4 is 5.32 Å². The van der Waals surface area contributed by atoms with Gasteiger partial charge in [0.05, 0.1) is 24.0 Å². The molecule has 1 heterocycles. The first-order valence-electron chi connectivity index (χ1n) is 7.57. The molecule has 2 atom stereocenters. The molecule has 0 radical (unpaired) electrons. The molecule has 2 aromatic rings. The van der Waals surface area contributed by atoms with Crippen molar-refractivity contribution in [2.75, 3.05) is 6.54 Å². The van der Waals surface area contributed by atoms with Crippen LogP contribution in [0, 0.1) is 18.7 Å². The minimum absolute atomic E-state index is 0.0277. The molecule has 2 N–H and O–H groups in total. The Labute approximate surface area is 131 Å². The van der Waals surface area contributed by atoms with Gasteiger partial charge in [0.25, 0.3) is 0 Å². The molecule has 0 fully saturated rings. The van der Waals surface area contributed by atoms with Crippen molar-refractivity contribution < 1.29 is 9.50 Å². The summed E-state index contributed by atoms with van der Waals surface area (Å²) >= 11 is 0. The van der Waals surface area contributed by atoms with Crippen molar-refractivity contribution >= 4 is 0 Å². The zero-order chi connectivity index (χ0) is 16.1. The van der Waals surface area contributed by atoms with Crippen molar-refractivity contribution in [3.8, 4) is 0 Å². The molecule has 2 unspecified atom stereocenters. The second kappa shape index (κ2) is 7.47. The summed E-state index contributed by atoms with van der Waals surface area (Å²) in [5, 5.41) is 13.7. The molecule has 0 spiro atoms. The van der Waals surface area contributed by atoms with Crippen LogP contribution in [0.5, 0.6) is 0 Å². The lowest BCUT2D eigenvalue weighted by Crippen LogP contribution is -2.30. The van der Waals surface area contributed by atoms with E-state index in [1.165, 1.54) is 12.3 Å². The van der Waals surface area contributed by atoms with E-state index in [1.54, 1.807) is 6.07 Å². The zero-order valence-electron chi connectivity index (χ0n) is 13.3. The molecule has 0 saturated heterocycles. The van der Waals surface area contributed by atoms with E-state index < -0.39 is 6.10 Å². The predicted octanol–water partition coefficient (Wildman–Crippen LogP) is 3.55. The van der Waals surface area contributed by atoms with Crippen LogP contribution in [-0.4, -0.2) is 16.6 Å². The van der Waals surface area contributed by atoms with Crippen molar-refractivity contribution in [2.24, 2.45) is 5.92 Å². The van der Waals surface area contributed by atoms with Crippen LogP contribution in [0.1, 0.15) is 42.8 Å². The van der Waals surface area contributed by atoms with E-state index in [0.717, 1.165) is 16.8 Å². The number of hydrogen-bond acceptors (Lipinski definition) is 3. The summed E-state index contributed by atoms with van der Waals surface area (Å²) in [6.45, 7) is 6.57. The predicted molar refractivity (Wildman–Crippen MR) is 85.9 cm³/mol. The fraction of sp³-hybridized carbons (Fsp3) is 0.389. The number of nitrogens with one attached hydrogen (secondary N) is 1. The zero-order valence-corrected chi connectivity index (χ0v) is 13.3. The normalized spacial score (nSPS) is 14.1. The van der Waals surface area contributed by atoms with E-state index in [1.807, 2.05) is 31.2 Å². The van der Waals surface area contributed by atoms with E-state index in [-0.39, 0.29) is 17.8 Å². The highest BCUT2D eigenvalue weighted by atomic mass is 19.1. The Morgan fingerprint density at radius 1 is 1.23 bits per heavy atom. The number of halogens is 1. The fourth-order valence-electron chi connectivity index (χ4n) is 2.49. The van der Waals surface area contributed by atoms with Gasteiger partial charge in [0, 0.05) is 6.54 Å². The number of aliphatic hydroxyl groups is 1. The average Bonchev–Trinajstić information content (AvgIpc) is 2.48. The average molecular weight is 302 g/mol. The number of hydrogen-bond donors (Lipinski definition) is 2. The number of aryl methyl sites for hydroxylation is 1. The highest BCUT2D eigenvalue weighted by molar-refractivity contribution is 5.24. The van der Waals surface area contributed by atoms with Crippen LogP contribution in [0.15, 0.2) is 42.6 Å². The second-order valence-corrected chi connectivity index (χ2v) is 5.96. The second-order valence-electron chi connectivity index (χ2n) is 5.96. The molecule has 22 heavy (non-hydrogen) atoms. The van der Waals surface area contributed by atoms with Crippen LogP contribution in [0.2, 0.25) is 0 Å². The third kappa shape index (κ3) is 4.36. The molecule has 0 aliphatic heterocycles. The molecule has 1 aromatic carbocycles. The first-order valence-corrected chi connectivity index (χ1v) is 7.57. The van der Waals surface area contributed by atoms with Gasteiger partial charge in [-0.2, -0.15) is 0 Å². The van der Waals surface area contributed by atoms with Gasteiger partial charge in [0.1, 0.15) is 5.82 Å². The van der Waals surface area contributed by atoms with Gasteiger partial charge < -0.3 is 10.4 Å². The smallest absolute Gasteiger partial charge is 0.141 e. The largest absolute Gasteiger partial charge is 0.387 e. The molecule has 1 aromatic heterocycles. The monoisotopic (exact) mass is 302 g/mol. The summed E-state index contributed by atoms with van der Waals surface area (Å²) in [5.74, 6) is -0.0614. The maximum atomic E-state index is 13.0. The van der Waals surface area contributed by atoms with Crippen LogP contribution in [-0.2, 0) is 0 Å². The molecule has 0 bridgehead atoms. The van der Waals surface area contributed by atoms with Crippen molar-refractivity contribution in [3.05, 3.63) is 65.2 Å². The molecule has 0 aliphatic carbocycles. The molecule has 118 valence electrons. The maximum Gasteiger partial charge on any atom is 0.141 e. The van der Waals surface area contributed by atoms with Gasteiger partial charge in [-0.1, -0.05) is 43.7 Å². The molecule has 4 heteroatoms. The van der Waals surface area contributed by atoms with Gasteiger partial charge >= 0.3 is 0 Å². The molecule has 3 nitrogen and oxygen atoms in total. The molecule has 0 saturated carbocycles. The van der Waals surface area contributed by atoms with Crippen molar-refractivity contribution in [3.63, 3.8) is 0 Å². The van der Waals surface area contributed by atoms with E-state index in [0.29, 0.717) is 6.54 Å². The summed E-state index contributed by atoms with van der Waals surface area (Å²) in [6.07, 6.45) is 0.644. The van der Waals surface area contributed by atoms with Gasteiger partial charge in [0.2, 0.25) is 0 Å². The lowest BCUT2D eigenvalue weighted by Gasteiger charge is -2.24. The Kier molecular flexibility index (Phi) is 5.63. The Bertz CT molecular complexity index is 598. The molecule has 0 aliphatic rings. The first kappa shape index (κ1) is 16.6. The third-order valence-electron chi connectivity index (χ3n) is 3.69. The number of aliphatic hydroxyl groups excluding tert-OH is 1. The summed E-state index contributed by atoms with van der Waals surface area (Å²) in [4.78, 5) is 4.15. The first-order chi connectivity index (χ1) is 10.5. The lowest BCUT2D eigenvalue weighted by atomic mass is 9.99. The highest BCUT2D eigenvalue weighted by Crippen LogP contribution is 2.21. The minimum Gasteiger partial charge on any atom is -0.387 e. The van der Waals surface area contributed by atoms with Crippen molar-refractivity contribution in [1.29, 1.82) is 0 Å². The standard InChI is InChI=1S/C18H23FN2O/c1-12(2)18(16-8-7-15(19)10-20-16)21-11-17(22)14-6-4-5-13(3)9-14/h4-10,12,17-18,21-22H,11H2,1-3H3. The summed E-state index contributed by atoms with van der Waals surface area (Å²) in [5.41, 5.74) is 2.80. The van der Waals surface area contributed by atoms with E-state index in [2.05, 4.69) is 24.1 Å². The van der Waals surface area contributed by atoms with Gasteiger partial charge in [0.15, 0.2) is 0 Å². The lowest BCUT2D eigenvalue weighted by molar-refractivity contribution is 0.165. The molecular formula is C18H23FN2O. The Morgan fingerprint density at radius 3 is 2.59 bits per heavy atom. The van der Waals surface area contributed by atoms with Crippen LogP contribution >= 0.6 is 0 Å². The number of nitrogens with zero attached hydrogens (tertiary/aromatic N) is 1. The van der Waals surface area contributed by atoms with Crippen LogP contribution in [0.4, 0.5) is 4.39 Å². The number of rotatable bonds is 6. The summed E-state index contributed by atoms with van der Waals surface area (Å²) in [6, 6.07) is 10.9. The minimum atomic E-state index is -0.582. The van der Waals surface area contributed by atoms with E-state index in [4.69, 9.17) is 0 Å². The highest BCUT2D eigenvalue weighted by Gasteiger charge is 2.18. The maximum absolute atomic E-state index is 13.0. The van der Waals surface area contributed by atoms with Crippen molar-refractivity contribution in [1.82, 2.24) is 10.3 Å². The Hall–Kier alpha value is -1.78.